The number of carboxylic acid groups (broad SMARTS) is 1. The molecule has 0 spiro atoms. The van der Waals surface area contributed by atoms with Crippen LogP contribution in [0, 0.1) is 29.1 Å². The fourth-order valence-corrected chi connectivity index (χ4v) is 5.72. The maximum atomic E-state index is 13.9. The Balaban J connectivity index is 1.93. The average molecular weight is 503 g/mol. The third kappa shape index (κ3) is 7.31. The van der Waals surface area contributed by atoms with Gasteiger partial charge in [0.2, 0.25) is 5.91 Å². The van der Waals surface area contributed by atoms with Crippen molar-refractivity contribution >= 4 is 34.9 Å². The Morgan fingerprint density at radius 3 is 2.29 bits per heavy atom. The van der Waals surface area contributed by atoms with E-state index in [1.165, 1.54) is 0 Å². The smallest absolute Gasteiger partial charge is 0.348 e. The first-order valence-corrected chi connectivity index (χ1v) is 13.4. The van der Waals surface area contributed by atoms with Gasteiger partial charge in [-0.15, -0.1) is 11.3 Å². The predicted molar refractivity (Wildman–Crippen MR) is 137 cm³/mol. The van der Waals surface area contributed by atoms with Crippen molar-refractivity contribution in [1.29, 1.82) is 0 Å². The highest BCUT2D eigenvalue weighted by atomic mass is 32.1. The van der Waals surface area contributed by atoms with E-state index >= 15 is 0 Å². The zero-order chi connectivity index (χ0) is 25.8. The van der Waals surface area contributed by atoms with Crippen molar-refractivity contribution in [1.82, 2.24) is 0 Å². The average Bonchev–Trinajstić information content (AvgIpc) is 3.23. The molecule has 0 radical (unpaired) electrons. The van der Waals surface area contributed by atoms with E-state index < -0.39 is 11.9 Å². The molecule has 0 atom stereocenters. The summed E-state index contributed by atoms with van der Waals surface area (Å²) in [6.45, 7) is 8.07. The first-order chi connectivity index (χ1) is 16.5. The third-order valence-corrected chi connectivity index (χ3v) is 7.83. The predicted octanol–water partition coefficient (Wildman–Crippen LogP) is 4.82. The Morgan fingerprint density at radius 1 is 1.11 bits per heavy atom. The number of aromatic carboxylic acids is 1. The minimum absolute atomic E-state index is 0.00920. The normalized spacial score (nSPS) is 24.7. The van der Waals surface area contributed by atoms with Gasteiger partial charge in [-0.3, -0.25) is 9.59 Å². The second kappa shape index (κ2) is 11.6. The van der Waals surface area contributed by atoms with Crippen LogP contribution in [0.25, 0.3) is 0 Å². The van der Waals surface area contributed by atoms with Crippen LogP contribution in [0.15, 0.2) is 6.07 Å². The number of nitrogens with two attached hydrogens (primary N) is 1. The Kier molecular flexibility index (Phi) is 9.00. The van der Waals surface area contributed by atoms with Crippen LogP contribution in [0.5, 0.6) is 0 Å². The SMILES string of the molecule is CC1CCC(C(=O)N(c2cc(C#CC(C)(C)C)sc2C(=O)O)C2CCC(OC(=O)CN)CC2)CC1. The number of ether oxygens (including phenoxy) is 1. The van der Waals surface area contributed by atoms with E-state index in [1.54, 1.807) is 11.0 Å². The van der Waals surface area contributed by atoms with Crippen LogP contribution in [0.2, 0.25) is 0 Å². The number of carbonyl (C=O) groups excluding carboxylic acids is 2. The van der Waals surface area contributed by atoms with Gasteiger partial charge in [-0.2, -0.15) is 0 Å². The van der Waals surface area contributed by atoms with Crippen molar-refractivity contribution in [2.24, 2.45) is 23.0 Å². The zero-order valence-electron chi connectivity index (χ0n) is 21.3. The summed E-state index contributed by atoms with van der Waals surface area (Å²) in [6.07, 6.45) is 5.94. The first-order valence-electron chi connectivity index (χ1n) is 12.6. The molecule has 192 valence electrons. The summed E-state index contributed by atoms with van der Waals surface area (Å²) in [5, 5.41) is 10.0. The van der Waals surface area contributed by atoms with Gasteiger partial charge in [0.05, 0.1) is 17.1 Å². The molecule has 2 aliphatic rings. The molecule has 35 heavy (non-hydrogen) atoms. The van der Waals surface area contributed by atoms with Crippen LogP contribution in [0.4, 0.5) is 5.69 Å². The Bertz CT molecular complexity index is 983. The van der Waals surface area contributed by atoms with Gasteiger partial charge in [0.25, 0.3) is 0 Å². The molecule has 2 aliphatic carbocycles. The third-order valence-electron chi connectivity index (χ3n) is 6.80. The van der Waals surface area contributed by atoms with Crippen molar-refractivity contribution in [3.63, 3.8) is 0 Å². The Hall–Kier alpha value is -2.37. The zero-order valence-corrected chi connectivity index (χ0v) is 22.1. The lowest BCUT2D eigenvalue weighted by Gasteiger charge is -2.39. The summed E-state index contributed by atoms with van der Waals surface area (Å²) in [6, 6.07) is 1.63. The summed E-state index contributed by atoms with van der Waals surface area (Å²) < 4.78 is 5.42. The van der Waals surface area contributed by atoms with Gasteiger partial charge in [0, 0.05) is 17.4 Å². The number of carbonyl (C=O) groups is 3. The first kappa shape index (κ1) is 27.2. The van der Waals surface area contributed by atoms with Gasteiger partial charge in [-0.25, -0.2) is 4.79 Å². The van der Waals surface area contributed by atoms with Gasteiger partial charge in [0.1, 0.15) is 11.0 Å². The molecule has 1 aromatic heterocycles. The molecule has 2 fully saturated rings. The summed E-state index contributed by atoms with van der Waals surface area (Å²) in [5.74, 6) is 5.32. The van der Waals surface area contributed by atoms with E-state index in [4.69, 9.17) is 10.5 Å². The highest BCUT2D eigenvalue weighted by Gasteiger charge is 2.38. The number of hydrogen-bond donors (Lipinski definition) is 2. The number of rotatable bonds is 6. The van der Waals surface area contributed by atoms with E-state index in [9.17, 15) is 19.5 Å². The molecule has 3 N–H and O–H groups in total. The highest BCUT2D eigenvalue weighted by Crippen LogP contribution is 2.39. The summed E-state index contributed by atoms with van der Waals surface area (Å²) in [7, 11) is 0. The second-order valence-corrected chi connectivity index (χ2v) is 12.0. The molecule has 1 amide bonds. The molecule has 1 aromatic rings. The summed E-state index contributed by atoms with van der Waals surface area (Å²) >= 11 is 1.13. The van der Waals surface area contributed by atoms with Crippen molar-refractivity contribution in [3.8, 4) is 11.8 Å². The molecule has 0 aliphatic heterocycles. The molecule has 1 heterocycles. The largest absolute Gasteiger partial charge is 0.477 e. The monoisotopic (exact) mass is 502 g/mol. The van der Waals surface area contributed by atoms with Crippen LogP contribution >= 0.6 is 11.3 Å². The van der Waals surface area contributed by atoms with Crippen LogP contribution in [0.1, 0.15) is 93.6 Å². The lowest BCUT2D eigenvalue weighted by atomic mass is 9.81. The number of esters is 1. The molecule has 0 saturated heterocycles. The van der Waals surface area contributed by atoms with Crippen molar-refractivity contribution < 1.29 is 24.2 Å². The maximum Gasteiger partial charge on any atom is 0.348 e. The number of hydrogen-bond acceptors (Lipinski definition) is 6. The van der Waals surface area contributed by atoms with Crippen molar-refractivity contribution in [2.75, 3.05) is 11.4 Å². The van der Waals surface area contributed by atoms with Gasteiger partial charge < -0.3 is 20.5 Å². The minimum atomic E-state index is -1.05. The second-order valence-electron chi connectivity index (χ2n) is 10.9. The minimum Gasteiger partial charge on any atom is -0.477 e. The standard InChI is InChI=1S/C27H38N2O5S/c1-17-5-7-18(8-6-17)25(31)29(19-9-11-20(12-10-19)34-23(30)16-28)22-15-21(13-14-27(2,3)4)35-24(22)26(32)33/h15,17-20H,5-12,16,28H2,1-4H3,(H,32,33). The Morgan fingerprint density at radius 2 is 1.74 bits per heavy atom. The molecule has 0 aromatic carbocycles. The topological polar surface area (TPSA) is 110 Å². The highest BCUT2D eigenvalue weighted by molar-refractivity contribution is 7.15. The number of carboxylic acids is 1. The molecule has 2 saturated carbocycles. The molecule has 8 heteroatoms. The number of anilines is 1. The van der Waals surface area contributed by atoms with Crippen LogP contribution in [-0.2, 0) is 14.3 Å². The Labute approximate surface area is 212 Å². The fourth-order valence-electron chi connectivity index (χ4n) is 4.88. The van der Waals surface area contributed by atoms with E-state index in [1.807, 2.05) is 20.8 Å². The molecule has 0 unspecified atom stereocenters. The fraction of sp³-hybridized carbons (Fsp3) is 0.667. The van der Waals surface area contributed by atoms with Crippen molar-refractivity contribution in [2.45, 2.75) is 91.2 Å². The summed E-state index contributed by atoms with van der Waals surface area (Å²) in [4.78, 5) is 40.3. The van der Waals surface area contributed by atoms with Crippen LogP contribution in [-0.4, -0.2) is 41.6 Å². The van der Waals surface area contributed by atoms with Crippen molar-refractivity contribution in [3.05, 3.63) is 15.8 Å². The molecular weight excluding hydrogens is 464 g/mol. The maximum absolute atomic E-state index is 13.9. The molecule has 7 nitrogen and oxygen atoms in total. The van der Waals surface area contributed by atoms with Gasteiger partial charge >= 0.3 is 11.9 Å². The lowest BCUT2D eigenvalue weighted by molar-refractivity contribution is -0.149. The number of amides is 1. The van der Waals surface area contributed by atoms with Gasteiger partial charge in [-0.05, 0) is 84.1 Å². The summed E-state index contributed by atoms with van der Waals surface area (Å²) in [5.41, 5.74) is 5.61. The van der Waals surface area contributed by atoms with E-state index in [0.717, 1.165) is 37.0 Å². The van der Waals surface area contributed by atoms with E-state index in [-0.39, 0.29) is 40.8 Å². The number of nitrogens with zero attached hydrogens (tertiary/aromatic N) is 1. The molecular formula is C27H38N2O5S. The van der Waals surface area contributed by atoms with E-state index in [2.05, 4.69) is 18.8 Å². The number of thiophene rings is 1. The molecule has 3 rings (SSSR count). The van der Waals surface area contributed by atoms with Crippen LogP contribution < -0.4 is 10.6 Å². The molecule has 0 bridgehead atoms. The van der Waals surface area contributed by atoms with E-state index in [0.29, 0.717) is 42.2 Å². The van der Waals surface area contributed by atoms with Crippen LogP contribution in [0.3, 0.4) is 0 Å². The van der Waals surface area contributed by atoms with Gasteiger partial charge in [-0.1, -0.05) is 18.8 Å². The van der Waals surface area contributed by atoms with Gasteiger partial charge in [0.15, 0.2) is 0 Å². The quantitative estimate of drug-likeness (QED) is 0.426. The lowest BCUT2D eigenvalue weighted by Crippen LogP contribution is -2.47.